The van der Waals surface area contributed by atoms with Gasteiger partial charge in [0.1, 0.15) is 12.6 Å². The van der Waals surface area contributed by atoms with E-state index in [2.05, 4.69) is 21.2 Å². The van der Waals surface area contributed by atoms with E-state index in [4.69, 9.17) is 23.2 Å². The Morgan fingerprint density at radius 2 is 1.76 bits per heavy atom. The minimum atomic E-state index is -3.89. The van der Waals surface area contributed by atoms with Crippen LogP contribution in [0.4, 0.5) is 5.69 Å². The van der Waals surface area contributed by atoms with Gasteiger partial charge >= 0.3 is 0 Å². The maximum atomic E-state index is 13.5. The maximum absolute atomic E-state index is 13.5. The fourth-order valence-corrected chi connectivity index (χ4v) is 4.73. The number of amides is 2. The van der Waals surface area contributed by atoms with E-state index < -0.39 is 28.5 Å². The number of hydrogen-bond donors (Lipinski definition) is 1. The summed E-state index contributed by atoms with van der Waals surface area (Å²) >= 11 is 15.7. The van der Waals surface area contributed by atoms with E-state index in [1.54, 1.807) is 6.92 Å². The minimum absolute atomic E-state index is 0.0914. The molecule has 0 saturated heterocycles. The Hall–Kier alpha value is -1.81. The van der Waals surface area contributed by atoms with Crippen molar-refractivity contribution in [3.63, 3.8) is 0 Å². The van der Waals surface area contributed by atoms with Crippen LogP contribution < -0.4 is 9.62 Å². The number of nitrogens with zero attached hydrogens (tertiary/aromatic N) is 2. The van der Waals surface area contributed by atoms with Crippen LogP contribution in [0.25, 0.3) is 0 Å². The molecule has 7 nitrogen and oxygen atoms in total. The molecule has 2 aromatic carbocycles. The summed E-state index contributed by atoms with van der Waals surface area (Å²) in [6, 6.07) is 10.9. The summed E-state index contributed by atoms with van der Waals surface area (Å²) in [5.74, 6) is -0.867. The highest BCUT2D eigenvalue weighted by atomic mass is 79.9. The second kappa shape index (κ2) is 12.8. The van der Waals surface area contributed by atoms with Gasteiger partial charge in [-0.15, -0.1) is 0 Å². The lowest BCUT2D eigenvalue weighted by molar-refractivity contribution is -0.139. The largest absolute Gasteiger partial charge is 0.354 e. The number of rotatable bonds is 11. The SMILES string of the molecule is CCCCNC(=O)[C@H](C)N(Cc1ccc(Br)cc1)C(=O)CN(c1cc(Cl)ccc1Cl)S(C)(=O)=O. The summed E-state index contributed by atoms with van der Waals surface area (Å²) in [6.07, 6.45) is 2.71. The number of anilines is 1. The molecule has 0 saturated carbocycles. The smallest absolute Gasteiger partial charge is 0.244 e. The molecule has 0 radical (unpaired) electrons. The summed E-state index contributed by atoms with van der Waals surface area (Å²) in [7, 11) is -3.89. The molecule has 0 bridgehead atoms. The lowest BCUT2D eigenvalue weighted by Gasteiger charge is -2.31. The van der Waals surface area contributed by atoms with Crippen molar-refractivity contribution in [3.8, 4) is 0 Å². The van der Waals surface area contributed by atoms with Crippen LogP contribution in [0.5, 0.6) is 0 Å². The van der Waals surface area contributed by atoms with Gasteiger partial charge in [0.15, 0.2) is 0 Å². The van der Waals surface area contributed by atoms with Crippen LogP contribution in [0.3, 0.4) is 0 Å². The van der Waals surface area contributed by atoms with Crippen LogP contribution in [-0.2, 0) is 26.2 Å². The van der Waals surface area contributed by atoms with Gasteiger partial charge < -0.3 is 10.2 Å². The van der Waals surface area contributed by atoms with E-state index in [1.807, 2.05) is 31.2 Å². The molecule has 2 amide bonds. The third-order valence-corrected chi connectivity index (χ3v) is 7.33. The van der Waals surface area contributed by atoms with Gasteiger partial charge in [0, 0.05) is 22.6 Å². The van der Waals surface area contributed by atoms with E-state index in [0.29, 0.717) is 6.54 Å². The van der Waals surface area contributed by atoms with Gasteiger partial charge in [0.2, 0.25) is 21.8 Å². The van der Waals surface area contributed by atoms with Crippen LogP contribution >= 0.6 is 39.1 Å². The Kier molecular flexibility index (Phi) is 10.7. The monoisotopic (exact) mass is 591 g/mol. The first-order chi connectivity index (χ1) is 15.9. The number of carbonyl (C=O) groups is 2. The van der Waals surface area contributed by atoms with Crippen LogP contribution in [-0.4, -0.2) is 50.5 Å². The number of halogens is 3. The average molecular weight is 593 g/mol. The van der Waals surface area contributed by atoms with E-state index >= 15 is 0 Å². The zero-order valence-electron chi connectivity index (χ0n) is 19.2. The van der Waals surface area contributed by atoms with Crippen molar-refractivity contribution < 1.29 is 18.0 Å². The highest BCUT2D eigenvalue weighted by Gasteiger charge is 2.30. The number of sulfonamides is 1. The Labute approximate surface area is 219 Å². The van der Waals surface area contributed by atoms with Crippen molar-refractivity contribution in [2.24, 2.45) is 0 Å². The fourth-order valence-electron chi connectivity index (χ4n) is 3.18. The molecule has 34 heavy (non-hydrogen) atoms. The van der Waals surface area contributed by atoms with Crippen molar-refractivity contribution in [2.75, 3.05) is 23.7 Å². The zero-order chi connectivity index (χ0) is 25.5. The summed E-state index contributed by atoms with van der Waals surface area (Å²) in [4.78, 5) is 27.6. The number of benzene rings is 2. The molecular formula is C23H28BrCl2N3O4S. The lowest BCUT2D eigenvalue weighted by atomic mass is 10.1. The number of unbranched alkanes of at least 4 members (excludes halogenated alkanes) is 1. The van der Waals surface area contributed by atoms with Crippen molar-refractivity contribution >= 4 is 66.7 Å². The van der Waals surface area contributed by atoms with Crippen molar-refractivity contribution in [1.29, 1.82) is 0 Å². The van der Waals surface area contributed by atoms with Gasteiger partial charge in [-0.05, 0) is 49.2 Å². The van der Waals surface area contributed by atoms with Gasteiger partial charge in [-0.3, -0.25) is 13.9 Å². The first kappa shape index (κ1) is 28.4. The molecule has 0 aliphatic rings. The van der Waals surface area contributed by atoms with Gasteiger partial charge in [-0.2, -0.15) is 0 Å². The van der Waals surface area contributed by atoms with Crippen LogP contribution in [0.2, 0.25) is 10.0 Å². The van der Waals surface area contributed by atoms with Crippen LogP contribution in [0.1, 0.15) is 32.3 Å². The standard InChI is InChI=1S/C23H28BrCl2N3O4S/c1-4-5-12-27-23(31)16(2)28(14-17-6-8-18(24)9-7-17)22(30)15-29(34(3,32)33)21-13-19(25)10-11-20(21)26/h6-11,13,16H,4-5,12,14-15H2,1-3H3,(H,27,31)/t16-/m0/s1. The second-order valence-corrected chi connectivity index (χ2v) is 11.5. The summed E-state index contributed by atoms with van der Waals surface area (Å²) in [6.45, 7) is 3.71. The van der Waals surface area contributed by atoms with Crippen molar-refractivity contribution in [2.45, 2.75) is 39.3 Å². The molecule has 186 valence electrons. The lowest BCUT2D eigenvalue weighted by Crippen LogP contribution is -2.51. The molecule has 1 atom stereocenters. The topological polar surface area (TPSA) is 86.8 Å². The van der Waals surface area contributed by atoms with Gasteiger partial charge in [-0.1, -0.05) is 64.6 Å². The molecule has 0 aliphatic heterocycles. The molecule has 0 spiro atoms. The van der Waals surface area contributed by atoms with E-state index in [9.17, 15) is 18.0 Å². The molecular weight excluding hydrogens is 565 g/mol. The van der Waals surface area contributed by atoms with E-state index in [-0.39, 0.29) is 28.2 Å². The Balaban J connectivity index is 2.38. The molecule has 0 heterocycles. The van der Waals surface area contributed by atoms with Crippen LogP contribution in [0.15, 0.2) is 46.9 Å². The number of carbonyl (C=O) groups excluding carboxylic acids is 2. The van der Waals surface area contributed by atoms with Crippen molar-refractivity contribution in [1.82, 2.24) is 10.2 Å². The number of nitrogens with one attached hydrogen (secondary N) is 1. The third-order valence-electron chi connectivity index (χ3n) is 5.12. The van der Waals surface area contributed by atoms with E-state index in [0.717, 1.165) is 33.4 Å². The number of hydrogen-bond acceptors (Lipinski definition) is 4. The predicted molar refractivity (Wildman–Crippen MR) is 141 cm³/mol. The Bertz CT molecular complexity index is 1110. The summed E-state index contributed by atoms with van der Waals surface area (Å²) in [5, 5.41) is 3.24. The van der Waals surface area contributed by atoms with Crippen molar-refractivity contribution in [3.05, 3.63) is 62.5 Å². The quantitative estimate of drug-likeness (QED) is 0.378. The Morgan fingerprint density at radius 1 is 1.12 bits per heavy atom. The average Bonchev–Trinajstić information content (AvgIpc) is 2.77. The molecule has 11 heteroatoms. The molecule has 0 unspecified atom stereocenters. The molecule has 0 aliphatic carbocycles. The third kappa shape index (κ3) is 8.15. The Morgan fingerprint density at radius 3 is 2.35 bits per heavy atom. The second-order valence-electron chi connectivity index (χ2n) is 7.83. The van der Waals surface area contributed by atoms with Gasteiger partial charge in [0.05, 0.1) is 17.0 Å². The van der Waals surface area contributed by atoms with Gasteiger partial charge in [0.25, 0.3) is 0 Å². The summed E-state index contributed by atoms with van der Waals surface area (Å²) in [5.41, 5.74) is 0.880. The summed E-state index contributed by atoms with van der Waals surface area (Å²) < 4.78 is 27.0. The molecule has 2 aromatic rings. The first-order valence-electron chi connectivity index (χ1n) is 10.7. The maximum Gasteiger partial charge on any atom is 0.244 e. The normalized spacial score (nSPS) is 12.2. The minimum Gasteiger partial charge on any atom is -0.354 e. The highest BCUT2D eigenvalue weighted by Crippen LogP contribution is 2.31. The molecule has 2 rings (SSSR count). The molecule has 0 fully saturated rings. The predicted octanol–water partition coefficient (Wildman–Crippen LogP) is 4.86. The highest BCUT2D eigenvalue weighted by molar-refractivity contribution is 9.10. The van der Waals surface area contributed by atoms with Gasteiger partial charge in [-0.25, -0.2) is 8.42 Å². The van der Waals surface area contributed by atoms with E-state index in [1.165, 1.54) is 23.1 Å². The first-order valence-corrected chi connectivity index (χ1v) is 14.1. The molecule has 1 N–H and O–H groups in total. The zero-order valence-corrected chi connectivity index (χ0v) is 23.1. The fraction of sp³-hybridized carbons (Fsp3) is 0.391. The van der Waals surface area contributed by atoms with Crippen LogP contribution in [0, 0.1) is 0 Å². The molecule has 0 aromatic heterocycles.